The summed E-state index contributed by atoms with van der Waals surface area (Å²) in [5.74, 6) is 0.767. The summed E-state index contributed by atoms with van der Waals surface area (Å²) in [7, 11) is 1.53. The van der Waals surface area contributed by atoms with Crippen molar-refractivity contribution in [2.45, 2.75) is 25.5 Å². The van der Waals surface area contributed by atoms with Gasteiger partial charge in [-0.1, -0.05) is 12.1 Å². The van der Waals surface area contributed by atoms with Gasteiger partial charge in [0.25, 0.3) is 11.8 Å². The van der Waals surface area contributed by atoms with Crippen LogP contribution in [0.25, 0.3) is 11.0 Å². The second kappa shape index (κ2) is 7.61. The van der Waals surface area contributed by atoms with Crippen LogP contribution >= 0.6 is 0 Å². The van der Waals surface area contributed by atoms with Crippen LogP contribution in [0.15, 0.2) is 43.0 Å². The van der Waals surface area contributed by atoms with E-state index in [-0.39, 0.29) is 18.6 Å². The average Bonchev–Trinajstić information content (AvgIpc) is 3.11. The van der Waals surface area contributed by atoms with Crippen molar-refractivity contribution in [3.8, 4) is 11.8 Å². The number of aromatic nitrogens is 4. The molecule has 0 spiro atoms. The molecule has 2 aromatic heterocycles. The molecule has 8 heteroatoms. The van der Waals surface area contributed by atoms with Gasteiger partial charge in [0, 0.05) is 18.9 Å². The molecular formula is C19H21N5O3. The van der Waals surface area contributed by atoms with Gasteiger partial charge < -0.3 is 18.9 Å². The van der Waals surface area contributed by atoms with Crippen LogP contribution in [0.4, 0.5) is 0 Å². The summed E-state index contributed by atoms with van der Waals surface area (Å²) in [6.45, 7) is 1.51. The molecule has 0 bridgehead atoms. The van der Waals surface area contributed by atoms with Crippen molar-refractivity contribution in [2.75, 3.05) is 20.2 Å². The highest BCUT2D eigenvalue weighted by molar-refractivity contribution is 5.80. The number of imidazole rings is 1. The first kappa shape index (κ1) is 17.3. The predicted octanol–water partition coefficient (Wildman–Crippen LogP) is 1.90. The molecule has 1 atom stereocenters. The fourth-order valence-electron chi connectivity index (χ4n) is 3.33. The van der Waals surface area contributed by atoms with E-state index in [0.717, 1.165) is 30.4 Å². The van der Waals surface area contributed by atoms with Crippen LogP contribution in [-0.2, 0) is 11.3 Å². The van der Waals surface area contributed by atoms with Crippen LogP contribution in [-0.4, -0.2) is 56.6 Å². The van der Waals surface area contributed by atoms with Crippen molar-refractivity contribution in [1.29, 1.82) is 0 Å². The molecule has 1 aliphatic rings. The summed E-state index contributed by atoms with van der Waals surface area (Å²) in [6, 6.07) is 7.80. The number of amides is 1. The largest absolute Gasteiger partial charge is 0.477 e. The van der Waals surface area contributed by atoms with E-state index in [0.29, 0.717) is 18.3 Å². The molecule has 0 radical (unpaired) electrons. The van der Waals surface area contributed by atoms with Gasteiger partial charge in [0.15, 0.2) is 0 Å². The van der Waals surface area contributed by atoms with Gasteiger partial charge in [-0.05, 0) is 25.0 Å². The smallest absolute Gasteiger partial charge is 0.278 e. The number of likely N-dealkylation sites (tertiary alicyclic amines) is 1. The number of carbonyl (C=O) groups is 1. The Labute approximate surface area is 156 Å². The zero-order valence-corrected chi connectivity index (χ0v) is 15.1. The summed E-state index contributed by atoms with van der Waals surface area (Å²) in [5, 5.41) is 0. The van der Waals surface area contributed by atoms with E-state index >= 15 is 0 Å². The minimum Gasteiger partial charge on any atom is -0.477 e. The summed E-state index contributed by atoms with van der Waals surface area (Å²) >= 11 is 0. The highest BCUT2D eigenvalue weighted by atomic mass is 16.5. The maximum atomic E-state index is 12.8. The summed E-state index contributed by atoms with van der Waals surface area (Å²) in [5.41, 5.74) is 1.85. The van der Waals surface area contributed by atoms with E-state index in [4.69, 9.17) is 9.47 Å². The Hall–Kier alpha value is -3.16. The first-order valence-electron chi connectivity index (χ1n) is 8.94. The van der Waals surface area contributed by atoms with Crippen molar-refractivity contribution < 1.29 is 14.3 Å². The predicted molar refractivity (Wildman–Crippen MR) is 98.5 cm³/mol. The standard InChI is InChI=1S/C19H21N5O3/c1-26-18-19(21-9-8-20-18)27-14-5-4-10-23(11-14)17(25)12-24-13-22-15-6-2-3-7-16(15)24/h2-3,6-9,13-14H,4-5,10-12H2,1H3. The summed E-state index contributed by atoms with van der Waals surface area (Å²) in [6.07, 6.45) is 6.44. The summed E-state index contributed by atoms with van der Waals surface area (Å²) in [4.78, 5) is 27.3. The van der Waals surface area contributed by atoms with Gasteiger partial charge in [0.2, 0.25) is 5.91 Å². The Balaban J connectivity index is 1.42. The lowest BCUT2D eigenvalue weighted by Gasteiger charge is -2.32. The van der Waals surface area contributed by atoms with Gasteiger partial charge in [-0.15, -0.1) is 0 Å². The van der Waals surface area contributed by atoms with E-state index in [1.54, 1.807) is 18.7 Å². The third-order valence-electron chi connectivity index (χ3n) is 4.67. The van der Waals surface area contributed by atoms with E-state index in [1.165, 1.54) is 7.11 Å². The molecule has 0 N–H and O–H groups in total. The Morgan fingerprint density at radius 3 is 2.85 bits per heavy atom. The van der Waals surface area contributed by atoms with Crippen LogP contribution in [0.2, 0.25) is 0 Å². The van der Waals surface area contributed by atoms with E-state index in [2.05, 4.69) is 15.0 Å². The molecule has 0 aliphatic carbocycles. The molecule has 1 fully saturated rings. The van der Waals surface area contributed by atoms with Crippen LogP contribution in [0.1, 0.15) is 12.8 Å². The highest BCUT2D eigenvalue weighted by Crippen LogP contribution is 2.24. The van der Waals surface area contributed by atoms with Crippen LogP contribution in [0.3, 0.4) is 0 Å². The second-order valence-corrected chi connectivity index (χ2v) is 6.45. The molecule has 0 saturated carbocycles. The quantitative estimate of drug-likeness (QED) is 0.685. The Kier molecular flexibility index (Phi) is 4.86. The molecule has 8 nitrogen and oxygen atoms in total. The van der Waals surface area contributed by atoms with Gasteiger partial charge in [0.05, 0.1) is 31.0 Å². The van der Waals surface area contributed by atoms with Gasteiger partial charge in [-0.2, -0.15) is 0 Å². The maximum Gasteiger partial charge on any atom is 0.278 e. The van der Waals surface area contributed by atoms with Crippen LogP contribution < -0.4 is 9.47 Å². The van der Waals surface area contributed by atoms with Gasteiger partial charge in [-0.3, -0.25) is 4.79 Å². The lowest BCUT2D eigenvalue weighted by atomic mass is 10.1. The van der Waals surface area contributed by atoms with Crippen LogP contribution in [0.5, 0.6) is 11.8 Å². The number of nitrogens with zero attached hydrogens (tertiary/aromatic N) is 5. The summed E-state index contributed by atoms with van der Waals surface area (Å²) < 4.78 is 13.0. The van der Waals surface area contributed by atoms with Crippen LogP contribution in [0, 0.1) is 0 Å². The first-order valence-corrected chi connectivity index (χ1v) is 8.94. The fraction of sp³-hybridized carbons (Fsp3) is 0.368. The zero-order chi connectivity index (χ0) is 18.6. The molecule has 3 aromatic rings. The number of fused-ring (bicyclic) bond motifs is 1. The van der Waals surface area contributed by atoms with Gasteiger partial charge in [-0.25, -0.2) is 15.0 Å². The molecular weight excluding hydrogens is 346 g/mol. The molecule has 1 aliphatic heterocycles. The normalized spacial score (nSPS) is 17.1. The maximum absolute atomic E-state index is 12.8. The molecule has 140 valence electrons. The van der Waals surface area contributed by atoms with E-state index in [1.807, 2.05) is 33.7 Å². The number of para-hydroxylation sites is 2. The van der Waals surface area contributed by atoms with Gasteiger partial charge >= 0.3 is 0 Å². The number of piperidine rings is 1. The lowest BCUT2D eigenvalue weighted by Crippen LogP contribution is -2.45. The number of benzene rings is 1. The number of hydrogen-bond donors (Lipinski definition) is 0. The number of ether oxygens (including phenoxy) is 2. The van der Waals surface area contributed by atoms with Crippen molar-refractivity contribution in [1.82, 2.24) is 24.4 Å². The third-order valence-corrected chi connectivity index (χ3v) is 4.67. The minimum atomic E-state index is -0.132. The van der Waals surface area contributed by atoms with E-state index in [9.17, 15) is 4.79 Å². The molecule has 27 heavy (non-hydrogen) atoms. The Bertz CT molecular complexity index is 942. The molecule has 4 rings (SSSR count). The Morgan fingerprint density at radius 1 is 1.19 bits per heavy atom. The number of carbonyl (C=O) groups excluding carboxylic acids is 1. The molecule has 1 aromatic carbocycles. The second-order valence-electron chi connectivity index (χ2n) is 6.45. The minimum absolute atomic E-state index is 0.0533. The topological polar surface area (TPSA) is 82.4 Å². The average molecular weight is 367 g/mol. The molecule has 1 saturated heterocycles. The SMILES string of the molecule is COc1nccnc1OC1CCCN(C(=O)Cn2cnc3ccccc32)C1. The molecule has 3 heterocycles. The number of hydrogen-bond acceptors (Lipinski definition) is 6. The van der Waals surface area contributed by atoms with Crippen molar-refractivity contribution in [3.05, 3.63) is 43.0 Å². The van der Waals surface area contributed by atoms with E-state index < -0.39 is 0 Å². The number of rotatable bonds is 5. The van der Waals surface area contributed by atoms with Crippen molar-refractivity contribution in [2.24, 2.45) is 0 Å². The highest BCUT2D eigenvalue weighted by Gasteiger charge is 2.26. The fourth-order valence-corrected chi connectivity index (χ4v) is 3.33. The molecule has 1 unspecified atom stereocenters. The van der Waals surface area contributed by atoms with Crippen molar-refractivity contribution >= 4 is 16.9 Å². The van der Waals surface area contributed by atoms with Gasteiger partial charge in [0.1, 0.15) is 12.6 Å². The monoisotopic (exact) mass is 367 g/mol. The number of methoxy groups -OCH3 is 1. The lowest BCUT2D eigenvalue weighted by molar-refractivity contribution is -0.134. The van der Waals surface area contributed by atoms with Crippen molar-refractivity contribution in [3.63, 3.8) is 0 Å². The zero-order valence-electron chi connectivity index (χ0n) is 15.1. The first-order chi connectivity index (χ1) is 13.2. The Morgan fingerprint density at radius 2 is 2.00 bits per heavy atom. The third kappa shape index (κ3) is 3.69. The molecule has 1 amide bonds.